The fraction of sp³-hybridized carbons (Fsp3) is 0.562. The third-order valence-electron chi connectivity index (χ3n) is 3.92. The zero-order valence-corrected chi connectivity index (χ0v) is 11.4. The smallest absolute Gasteiger partial charge is 0.299 e. The molecule has 1 fully saturated rings. The van der Waals surface area contributed by atoms with Gasteiger partial charge in [-0.25, -0.2) is 0 Å². The molecule has 2 rings (SSSR count). The lowest BCUT2D eigenvalue weighted by atomic mass is 9.85. The van der Waals surface area contributed by atoms with Crippen LogP contribution >= 0.6 is 0 Å². The minimum absolute atomic E-state index is 0.112. The molecule has 0 saturated heterocycles. The maximum Gasteiger partial charge on any atom is 0.416 e. The highest BCUT2D eigenvalue weighted by Gasteiger charge is 2.30. The van der Waals surface area contributed by atoms with Gasteiger partial charge in [0.05, 0.1) is 5.56 Å². The Morgan fingerprint density at radius 1 is 1.10 bits per heavy atom. The van der Waals surface area contributed by atoms with Crippen LogP contribution in [-0.4, -0.2) is 5.78 Å². The summed E-state index contributed by atoms with van der Waals surface area (Å²) in [6.45, 7) is 0. The van der Waals surface area contributed by atoms with Crippen molar-refractivity contribution >= 4 is 5.78 Å². The first-order chi connectivity index (χ1) is 9.47. The monoisotopic (exact) mass is 284 g/mol. The molecule has 0 heterocycles. The van der Waals surface area contributed by atoms with Crippen LogP contribution in [0.25, 0.3) is 0 Å². The number of Topliss-reactive ketones (excluding diaryl/α,β-unsaturated/α-hetero) is 1. The number of carbonyl (C=O) groups is 1. The minimum Gasteiger partial charge on any atom is -0.299 e. The maximum atomic E-state index is 12.7. The van der Waals surface area contributed by atoms with Crippen LogP contribution < -0.4 is 0 Å². The average molecular weight is 284 g/mol. The van der Waals surface area contributed by atoms with Gasteiger partial charge in [-0.3, -0.25) is 4.79 Å². The summed E-state index contributed by atoms with van der Waals surface area (Å²) in [5.41, 5.74) is -0.0213. The predicted molar refractivity (Wildman–Crippen MR) is 71.3 cm³/mol. The predicted octanol–water partition coefficient (Wildman–Crippen LogP) is 4.79. The first-order valence-electron chi connectivity index (χ1n) is 7.15. The van der Waals surface area contributed by atoms with Crippen LogP contribution in [-0.2, 0) is 17.4 Å². The number of hydrogen-bond acceptors (Lipinski definition) is 1. The molecule has 20 heavy (non-hydrogen) atoms. The zero-order chi connectivity index (χ0) is 14.6. The summed E-state index contributed by atoms with van der Waals surface area (Å²) in [6, 6.07) is 5.35. The summed E-state index contributed by atoms with van der Waals surface area (Å²) in [6.07, 6.45) is 1.60. The van der Waals surface area contributed by atoms with Crippen LogP contribution in [0, 0.1) is 5.92 Å². The molecule has 0 spiro atoms. The van der Waals surface area contributed by atoms with E-state index in [9.17, 15) is 18.0 Å². The quantitative estimate of drug-likeness (QED) is 0.763. The number of halogens is 3. The van der Waals surface area contributed by atoms with E-state index in [-0.39, 0.29) is 11.7 Å². The van der Waals surface area contributed by atoms with E-state index in [1.54, 1.807) is 6.07 Å². The van der Waals surface area contributed by atoms with Crippen molar-refractivity contribution in [2.45, 2.75) is 51.1 Å². The van der Waals surface area contributed by atoms with Crippen molar-refractivity contribution in [3.8, 4) is 0 Å². The fourth-order valence-electron chi connectivity index (χ4n) is 2.78. The molecule has 1 aliphatic rings. The van der Waals surface area contributed by atoms with Crippen molar-refractivity contribution in [1.82, 2.24) is 0 Å². The molecule has 0 aromatic heterocycles. The number of hydrogen-bond donors (Lipinski definition) is 0. The number of benzene rings is 1. The molecule has 0 bridgehead atoms. The second-order valence-corrected chi connectivity index (χ2v) is 5.52. The van der Waals surface area contributed by atoms with Crippen LogP contribution in [0.5, 0.6) is 0 Å². The maximum absolute atomic E-state index is 12.7. The average Bonchev–Trinajstić information content (AvgIpc) is 2.38. The first kappa shape index (κ1) is 15.1. The summed E-state index contributed by atoms with van der Waals surface area (Å²) in [5, 5.41) is 0. The number of carbonyl (C=O) groups excluding carboxylic acids is 1. The summed E-state index contributed by atoms with van der Waals surface area (Å²) in [7, 11) is 0. The van der Waals surface area contributed by atoms with Crippen LogP contribution in [0.4, 0.5) is 13.2 Å². The molecule has 1 saturated carbocycles. The molecule has 1 nitrogen and oxygen atoms in total. The van der Waals surface area contributed by atoms with Gasteiger partial charge in [0.1, 0.15) is 5.78 Å². The lowest BCUT2D eigenvalue weighted by Gasteiger charge is -2.19. The lowest BCUT2D eigenvalue weighted by Crippen LogP contribution is -2.19. The Bertz CT molecular complexity index is 465. The Morgan fingerprint density at radius 2 is 1.85 bits per heavy atom. The van der Waals surface area contributed by atoms with Crippen molar-refractivity contribution in [2.24, 2.45) is 5.92 Å². The highest BCUT2D eigenvalue weighted by molar-refractivity contribution is 5.81. The second kappa shape index (κ2) is 6.42. The highest BCUT2D eigenvalue weighted by Crippen LogP contribution is 2.31. The van der Waals surface area contributed by atoms with Gasteiger partial charge in [-0.2, -0.15) is 13.2 Å². The third-order valence-corrected chi connectivity index (χ3v) is 3.92. The molecule has 0 amide bonds. The van der Waals surface area contributed by atoms with Gasteiger partial charge in [0.2, 0.25) is 0 Å². The van der Waals surface area contributed by atoms with E-state index in [0.717, 1.165) is 38.2 Å². The van der Waals surface area contributed by atoms with Crippen LogP contribution in [0.3, 0.4) is 0 Å². The highest BCUT2D eigenvalue weighted by atomic mass is 19.4. The molecule has 0 N–H and O–H groups in total. The van der Waals surface area contributed by atoms with E-state index in [1.807, 2.05) is 0 Å². The van der Waals surface area contributed by atoms with Crippen molar-refractivity contribution < 1.29 is 18.0 Å². The van der Waals surface area contributed by atoms with Gasteiger partial charge < -0.3 is 0 Å². The summed E-state index contributed by atoms with van der Waals surface area (Å²) in [5.74, 6) is 0.0981. The molecular formula is C16H19F3O. The molecule has 0 aliphatic heterocycles. The molecule has 1 aromatic rings. The van der Waals surface area contributed by atoms with Crippen LogP contribution in [0.1, 0.15) is 49.7 Å². The van der Waals surface area contributed by atoms with Crippen LogP contribution in [0.15, 0.2) is 24.3 Å². The fourth-order valence-corrected chi connectivity index (χ4v) is 2.78. The van der Waals surface area contributed by atoms with E-state index >= 15 is 0 Å². The molecule has 1 unspecified atom stereocenters. The molecule has 1 aromatic carbocycles. The van der Waals surface area contributed by atoms with Crippen molar-refractivity contribution in [3.63, 3.8) is 0 Å². The van der Waals surface area contributed by atoms with Gasteiger partial charge in [0.15, 0.2) is 0 Å². The van der Waals surface area contributed by atoms with Crippen molar-refractivity contribution in [3.05, 3.63) is 35.4 Å². The normalized spacial score (nSPS) is 21.4. The number of ketones is 1. The zero-order valence-electron chi connectivity index (χ0n) is 11.4. The van der Waals surface area contributed by atoms with Gasteiger partial charge in [-0.15, -0.1) is 0 Å². The van der Waals surface area contributed by atoms with Crippen molar-refractivity contribution in [1.29, 1.82) is 0 Å². The largest absolute Gasteiger partial charge is 0.416 e. The van der Waals surface area contributed by atoms with Gasteiger partial charge in [0.25, 0.3) is 0 Å². The Hall–Kier alpha value is -1.32. The Morgan fingerprint density at radius 3 is 2.60 bits per heavy atom. The van der Waals surface area contributed by atoms with E-state index in [2.05, 4.69) is 0 Å². The van der Waals surface area contributed by atoms with E-state index in [1.165, 1.54) is 12.1 Å². The SMILES string of the molecule is O=C1CCCCCCC1Cc1cccc(C(F)(F)F)c1. The summed E-state index contributed by atoms with van der Waals surface area (Å²) < 4.78 is 38.0. The molecule has 4 heteroatoms. The first-order valence-corrected chi connectivity index (χ1v) is 7.15. The standard InChI is InChI=1S/C16H19F3O/c17-16(18,19)14-8-5-6-12(11-14)10-13-7-3-1-2-4-9-15(13)20/h5-6,8,11,13H,1-4,7,9-10H2. The lowest BCUT2D eigenvalue weighted by molar-refractivity contribution is -0.137. The Balaban J connectivity index is 2.09. The van der Waals surface area contributed by atoms with Crippen LogP contribution in [0.2, 0.25) is 0 Å². The van der Waals surface area contributed by atoms with E-state index in [0.29, 0.717) is 18.4 Å². The van der Waals surface area contributed by atoms with Gasteiger partial charge in [-0.1, -0.05) is 37.5 Å². The molecular weight excluding hydrogens is 265 g/mol. The molecule has 0 radical (unpaired) electrons. The van der Waals surface area contributed by atoms with Gasteiger partial charge >= 0.3 is 6.18 Å². The van der Waals surface area contributed by atoms with E-state index in [4.69, 9.17) is 0 Å². The number of alkyl halides is 3. The molecule has 1 aliphatic carbocycles. The Kier molecular flexibility index (Phi) is 4.84. The van der Waals surface area contributed by atoms with E-state index < -0.39 is 11.7 Å². The molecule has 110 valence electrons. The Labute approximate surface area is 117 Å². The molecule has 1 atom stereocenters. The third kappa shape index (κ3) is 4.09. The topological polar surface area (TPSA) is 17.1 Å². The van der Waals surface area contributed by atoms with Gasteiger partial charge in [0, 0.05) is 12.3 Å². The second-order valence-electron chi connectivity index (χ2n) is 5.52. The summed E-state index contributed by atoms with van der Waals surface area (Å²) >= 11 is 0. The van der Waals surface area contributed by atoms with Crippen molar-refractivity contribution in [2.75, 3.05) is 0 Å². The summed E-state index contributed by atoms with van der Waals surface area (Å²) in [4.78, 5) is 12.0. The van der Waals surface area contributed by atoms with Gasteiger partial charge in [-0.05, 0) is 30.9 Å². The number of rotatable bonds is 2. The minimum atomic E-state index is -4.32.